The van der Waals surface area contributed by atoms with E-state index in [1.165, 1.54) is 0 Å². The van der Waals surface area contributed by atoms with E-state index in [-0.39, 0.29) is 24.7 Å². The highest BCUT2D eigenvalue weighted by Gasteiger charge is 2.46. The largest absolute Gasteiger partial charge is 0.396 e. The molecule has 0 bridgehead atoms. The summed E-state index contributed by atoms with van der Waals surface area (Å²) in [6.07, 6.45) is 1.46. The number of aliphatic hydroxyl groups is 1. The molecule has 0 aliphatic carbocycles. The smallest absolute Gasteiger partial charge is 0.198 e. The van der Waals surface area contributed by atoms with E-state index in [0.29, 0.717) is 22.6 Å². The van der Waals surface area contributed by atoms with Crippen LogP contribution in [0.15, 0.2) is 76.2 Å². The van der Waals surface area contributed by atoms with Crippen LogP contribution in [-0.4, -0.2) is 47.0 Å². The molecule has 0 radical (unpaired) electrons. The number of epoxide rings is 1. The summed E-state index contributed by atoms with van der Waals surface area (Å²) in [5.74, 6) is -0.375. The van der Waals surface area contributed by atoms with Crippen molar-refractivity contribution in [2.75, 3.05) is 13.2 Å². The van der Waals surface area contributed by atoms with Crippen LogP contribution in [0.5, 0.6) is 0 Å². The molecular formula is C26H36O5SSi. The fraction of sp³-hybridized carbons (Fsp3) is 0.462. The van der Waals surface area contributed by atoms with Gasteiger partial charge in [-0.2, -0.15) is 0 Å². The first-order valence-corrected chi connectivity index (χ1v) is 15.9. The summed E-state index contributed by atoms with van der Waals surface area (Å²) in [6.45, 7) is 7.04. The molecule has 0 amide bonds. The van der Waals surface area contributed by atoms with Gasteiger partial charge in [0.05, 0.1) is 30.8 Å². The first-order valence-electron chi connectivity index (χ1n) is 11.8. The number of aliphatic hydroxyl groups excluding tert-OH is 1. The third kappa shape index (κ3) is 6.02. The summed E-state index contributed by atoms with van der Waals surface area (Å²) < 4.78 is 39.7. The Hall–Kier alpha value is -1.77. The topological polar surface area (TPSA) is 76.1 Å². The lowest BCUT2D eigenvalue weighted by molar-refractivity contribution is 0.104. The summed E-state index contributed by atoms with van der Waals surface area (Å²) in [4.78, 5) is 0.319. The molecule has 180 valence electrons. The SMILES string of the molecule is CC[Si](CC)(CC)/C(=C/[C@@H](CO)[C@H]1O[C@@H]1COCc1ccccc1)S(=O)(=O)c1ccccc1. The Labute approximate surface area is 199 Å². The Morgan fingerprint density at radius 3 is 2.15 bits per heavy atom. The Kier molecular flexibility index (Phi) is 9.07. The van der Waals surface area contributed by atoms with Crippen molar-refractivity contribution in [1.82, 2.24) is 0 Å². The van der Waals surface area contributed by atoms with Gasteiger partial charge in [-0.3, -0.25) is 0 Å². The molecule has 1 N–H and O–H groups in total. The molecule has 1 fully saturated rings. The maximum atomic E-state index is 13.8. The van der Waals surface area contributed by atoms with E-state index in [1.807, 2.05) is 42.5 Å². The van der Waals surface area contributed by atoms with Gasteiger partial charge in [-0.1, -0.05) is 93.5 Å². The molecule has 5 nitrogen and oxygen atoms in total. The number of ether oxygens (including phenoxy) is 2. The quantitative estimate of drug-likeness (QED) is 0.318. The zero-order valence-electron chi connectivity index (χ0n) is 19.8. The summed E-state index contributed by atoms with van der Waals surface area (Å²) in [5.41, 5.74) is 1.09. The Balaban J connectivity index is 1.82. The second-order valence-electron chi connectivity index (χ2n) is 8.67. The molecular weight excluding hydrogens is 452 g/mol. The lowest BCUT2D eigenvalue weighted by Gasteiger charge is -2.32. The average Bonchev–Trinajstić information content (AvgIpc) is 3.62. The van der Waals surface area contributed by atoms with Crippen molar-refractivity contribution in [3.8, 4) is 0 Å². The van der Waals surface area contributed by atoms with Crippen LogP contribution in [0.2, 0.25) is 18.1 Å². The van der Waals surface area contributed by atoms with Gasteiger partial charge in [0.15, 0.2) is 9.84 Å². The van der Waals surface area contributed by atoms with Crippen LogP contribution in [0, 0.1) is 5.92 Å². The van der Waals surface area contributed by atoms with Crippen molar-refractivity contribution in [3.63, 3.8) is 0 Å². The maximum absolute atomic E-state index is 13.8. The van der Waals surface area contributed by atoms with E-state index in [9.17, 15) is 13.5 Å². The lowest BCUT2D eigenvalue weighted by Crippen LogP contribution is -2.39. The molecule has 33 heavy (non-hydrogen) atoms. The number of rotatable bonds is 13. The second kappa shape index (κ2) is 11.6. The highest BCUT2D eigenvalue weighted by atomic mass is 32.2. The van der Waals surface area contributed by atoms with Crippen molar-refractivity contribution in [2.45, 2.75) is 62.6 Å². The Bertz CT molecular complexity index is 995. The molecule has 0 spiro atoms. The van der Waals surface area contributed by atoms with Gasteiger partial charge in [-0.25, -0.2) is 8.42 Å². The molecule has 2 aromatic rings. The summed E-state index contributed by atoms with van der Waals surface area (Å²) >= 11 is 0. The Morgan fingerprint density at radius 2 is 1.61 bits per heavy atom. The van der Waals surface area contributed by atoms with E-state index < -0.39 is 17.9 Å². The number of hydrogen-bond donors (Lipinski definition) is 1. The molecule has 7 heteroatoms. The van der Waals surface area contributed by atoms with Crippen molar-refractivity contribution in [2.24, 2.45) is 5.92 Å². The van der Waals surface area contributed by atoms with Crippen molar-refractivity contribution >= 4 is 17.9 Å². The molecule has 3 rings (SSSR count). The molecule has 1 saturated heterocycles. The zero-order valence-corrected chi connectivity index (χ0v) is 21.6. The molecule has 0 aromatic heterocycles. The van der Waals surface area contributed by atoms with E-state index in [2.05, 4.69) is 20.8 Å². The first-order chi connectivity index (χ1) is 15.9. The van der Waals surface area contributed by atoms with Gasteiger partial charge in [0, 0.05) is 10.4 Å². The standard InChI is InChI=1S/C26H36O5SSi/c1-4-33(5-2,6-3)25(32(28,29)23-15-11-8-12-16-23)17-22(18-27)26-24(31-26)20-30-19-21-13-9-7-10-14-21/h7-17,22,24,26-27H,4-6,18-20H2,1-3H3/b25-17+/t22-,24+,26+/m0/s1. The molecule has 0 saturated carbocycles. The van der Waals surface area contributed by atoms with Crippen LogP contribution in [0.1, 0.15) is 26.3 Å². The first kappa shape index (κ1) is 25.8. The molecule has 2 aromatic carbocycles. The van der Waals surface area contributed by atoms with Crippen molar-refractivity contribution in [1.29, 1.82) is 0 Å². The third-order valence-electron chi connectivity index (χ3n) is 6.91. The fourth-order valence-corrected chi connectivity index (χ4v) is 12.7. The summed E-state index contributed by atoms with van der Waals surface area (Å²) in [6, 6.07) is 21.1. The number of sulfone groups is 1. The van der Waals surface area contributed by atoms with E-state index in [0.717, 1.165) is 23.7 Å². The van der Waals surface area contributed by atoms with E-state index in [4.69, 9.17) is 9.47 Å². The van der Waals surface area contributed by atoms with Crippen molar-refractivity contribution in [3.05, 3.63) is 76.8 Å². The lowest BCUT2D eigenvalue weighted by atomic mass is 10.1. The summed E-state index contributed by atoms with van der Waals surface area (Å²) in [5, 5.41) is 10.2. The summed E-state index contributed by atoms with van der Waals surface area (Å²) in [7, 11) is -5.93. The highest BCUT2D eigenvalue weighted by molar-refractivity contribution is 7.97. The molecule has 1 aliphatic heterocycles. The van der Waals surface area contributed by atoms with Crippen LogP contribution in [0.3, 0.4) is 0 Å². The minimum atomic E-state index is -3.65. The predicted octanol–water partition coefficient (Wildman–Crippen LogP) is 4.98. The average molecular weight is 489 g/mol. The van der Waals surface area contributed by atoms with Gasteiger partial charge < -0.3 is 14.6 Å². The monoisotopic (exact) mass is 488 g/mol. The van der Waals surface area contributed by atoms with Gasteiger partial charge in [-0.05, 0) is 17.7 Å². The van der Waals surface area contributed by atoms with Gasteiger partial charge >= 0.3 is 0 Å². The normalized spacial score (nSPS) is 19.9. The minimum absolute atomic E-state index is 0.135. The molecule has 1 heterocycles. The van der Waals surface area contributed by atoms with Crippen LogP contribution < -0.4 is 0 Å². The minimum Gasteiger partial charge on any atom is -0.396 e. The van der Waals surface area contributed by atoms with Crippen LogP contribution in [-0.2, 0) is 25.9 Å². The van der Waals surface area contributed by atoms with E-state index in [1.54, 1.807) is 24.3 Å². The molecule has 0 unspecified atom stereocenters. The van der Waals surface area contributed by atoms with Gasteiger partial charge in [0.2, 0.25) is 0 Å². The van der Waals surface area contributed by atoms with Crippen molar-refractivity contribution < 1.29 is 23.0 Å². The molecule has 1 aliphatic rings. The second-order valence-corrected chi connectivity index (χ2v) is 16.2. The maximum Gasteiger partial charge on any atom is 0.198 e. The van der Waals surface area contributed by atoms with Gasteiger partial charge in [0.25, 0.3) is 0 Å². The molecule has 3 atom stereocenters. The van der Waals surface area contributed by atoms with Gasteiger partial charge in [-0.15, -0.1) is 0 Å². The van der Waals surface area contributed by atoms with Crippen LogP contribution >= 0.6 is 0 Å². The highest BCUT2D eigenvalue weighted by Crippen LogP contribution is 2.39. The number of benzene rings is 2. The van der Waals surface area contributed by atoms with E-state index >= 15 is 0 Å². The zero-order chi connectivity index (χ0) is 23.9. The van der Waals surface area contributed by atoms with Gasteiger partial charge in [0.1, 0.15) is 14.2 Å². The fourth-order valence-electron chi connectivity index (χ4n) is 4.53. The predicted molar refractivity (Wildman–Crippen MR) is 134 cm³/mol. The van der Waals surface area contributed by atoms with Crippen LogP contribution in [0.4, 0.5) is 0 Å². The van der Waals surface area contributed by atoms with Crippen LogP contribution in [0.25, 0.3) is 0 Å². The Morgan fingerprint density at radius 1 is 1.03 bits per heavy atom. The third-order valence-corrected chi connectivity index (χ3v) is 15.9. The number of hydrogen-bond acceptors (Lipinski definition) is 5.